The molecule has 0 aromatic heterocycles. The van der Waals surface area contributed by atoms with Gasteiger partial charge in [-0.3, -0.25) is 4.79 Å². The molecular weight excluding hydrogens is 590 g/mol. The SMILES string of the molecule is C=C(/C=C(Cl)\C(=C/NCCC(=O)O)CC)N(C/C=C/C(C#N)=C/C=C1/N(CCC=O)c2ccccc2N1CC(C)C)CCC=O. The van der Waals surface area contributed by atoms with Crippen molar-refractivity contribution in [3.05, 3.63) is 95.1 Å². The van der Waals surface area contributed by atoms with Crippen molar-refractivity contribution in [3.8, 4) is 6.07 Å². The number of carboxylic acids is 1. The van der Waals surface area contributed by atoms with Crippen LogP contribution in [0.4, 0.5) is 11.4 Å². The lowest BCUT2D eigenvalue weighted by molar-refractivity contribution is -0.136. The fraction of sp³-hybridized carbons (Fsp3) is 0.371. The number of rotatable bonds is 20. The van der Waals surface area contributed by atoms with Crippen molar-refractivity contribution in [2.45, 2.75) is 46.5 Å². The Balaban J connectivity index is 2.27. The van der Waals surface area contributed by atoms with E-state index in [9.17, 15) is 19.6 Å². The number of hydrogen-bond donors (Lipinski definition) is 2. The molecule has 1 aliphatic heterocycles. The minimum absolute atomic E-state index is 0.00808. The first kappa shape index (κ1) is 36.6. The Hall–Kier alpha value is -4.55. The number of carbonyl (C=O) groups is 3. The van der Waals surface area contributed by atoms with Crippen LogP contribution < -0.4 is 15.1 Å². The third-order valence-corrected chi connectivity index (χ3v) is 7.21. The van der Waals surface area contributed by atoms with Crippen LogP contribution in [0.2, 0.25) is 0 Å². The molecule has 0 atom stereocenters. The molecule has 9 nitrogen and oxygen atoms in total. The number of fused-ring (bicyclic) bond motifs is 1. The van der Waals surface area contributed by atoms with Crippen molar-refractivity contribution in [1.82, 2.24) is 10.2 Å². The quantitative estimate of drug-likeness (QED) is 0.0739. The van der Waals surface area contributed by atoms with Crippen molar-refractivity contribution < 1.29 is 19.5 Å². The van der Waals surface area contributed by atoms with Crippen molar-refractivity contribution in [2.24, 2.45) is 5.92 Å². The predicted molar refractivity (Wildman–Crippen MR) is 182 cm³/mol. The van der Waals surface area contributed by atoms with E-state index in [4.69, 9.17) is 16.7 Å². The topological polar surface area (TPSA) is 117 Å². The third kappa shape index (κ3) is 11.8. The summed E-state index contributed by atoms with van der Waals surface area (Å²) >= 11 is 6.57. The molecule has 0 amide bonds. The van der Waals surface area contributed by atoms with Crippen LogP contribution in [-0.4, -0.2) is 61.3 Å². The lowest BCUT2D eigenvalue weighted by atomic mass is 10.1. The number of halogens is 1. The zero-order valence-electron chi connectivity index (χ0n) is 26.4. The maximum absolute atomic E-state index is 11.2. The Labute approximate surface area is 272 Å². The molecule has 2 rings (SSSR count). The molecule has 10 heteroatoms. The van der Waals surface area contributed by atoms with E-state index in [1.165, 1.54) is 0 Å². The van der Waals surface area contributed by atoms with Crippen molar-refractivity contribution in [1.29, 1.82) is 5.26 Å². The van der Waals surface area contributed by atoms with Gasteiger partial charge in [0.15, 0.2) is 0 Å². The smallest absolute Gasteiger partial charge is 0.305 e. The molecule has 0 saturated heterocycles. The molecular formula is C35H44ClN5O4. The number of hydrogen-bond acceptors (Lipinski definition) is 8. The number of benzene rings is 1. The molecule has 0 unspecified atom stereocenters. The molecule has 240 valence electrons. The van der Waals surface area contributed by atoms with Gasteiger partial charge in [0, 0.05) is 62.5 Å². The molecule has 0 saturated carbocycles. The molecule has 45 heavy (non-hydrogen) atoms. The summed E-state index contributed by atoms with van der Waals surface area (Å²) in [4.78, 5) is 39.4. The average Bonchev–Trinajstić information content (AvgIpc) is 3.30. The van der Waals surface area contributed by atoms with E-state index in [1.807, 2.05) is 42.2 Å². The fourth-order valence-electron chi connectivity index (χ4n) is 4.67. The molecule has 0 spiro atoms. The summed E-state index contributed by atoms with van der Waals surface area (Å²) in [6.45, 7) is 12.8. The van der Waals surface area contributed by atoms with Gasteiger partial charge in [0.2, 0.25) is 0 Å². The van der Waals surface area contributed by atoms with Crippen molar-refractivity contribution in [3.63, 3.8) is 0 Å². The number of para-hydroxylation sites is 2. The molecule has 0 aliphatic carbocycles. The predicted octanol–water partition coefficient (Wildman–Crippen LogP) is 6.29. The fourth-order valence-corrected chi connectivity index (χ4v) is 4.99. The molecule has 1 aromatic carbocycles. The number of aldehydes is 2. The molecule has 0 bridgehead atoms. The van der Waals surface area contributed by atoms with Gasteiger partial charge in [-0.1, -0.05) is 57.2 Å². The van der Waals surface area contributed by atoms with Gasteiger partial charge in [0.25, 0.3) is 0 Å². The minimum atomic E-state index is -0.886. The minimum Gasteiger partial charge on any atom is -0.481 e. The summed E-state index contributed by atoms with van der Waals surface area (Å²) in [7, 11) is 0. The van der Waals surface area contributed by atoms with E-state index in [0.717, 1.165) is 41.9 Å². The molecule has 1 aromatic rings. The van der Waals surface area contributed by atoms with Crippen LogP contribution in [0.1, 0.15) is 46.5 Å². The molecule has 2 N–H and O–H groups in total. The summed E-state index contributed by atoms with van der Waals surface area (Å²) in [5, 5.41) is 22.2. The lowest BCUT2D eigenvalue weighted by Crippen LogP contribution is -2.31. The first-order valence-corrected chi connectivity index (χ1v) is 15.5. The number of nitriles is 1. The number of anilines is 2. The van der Waals surface area contributed by atoms with Crippen LogP contribution in [0.3, 0.4) is 0 Å². The van der Waals surface area contributed by atoms with E-state index in [1.54, 1.807) is 24.4 Å². The molecule has 0 fully saturated rings. The first-order valence-electron chi connectivity index (χ1n) is 15.1. The van der Waals surface area contributed by atoms with E-state index in [-0.39, 0.29) is 13.0 Å². The van der Waals surface area contributed by atoms with E-state index >= 15 is 0 Å². The number of nitrogens with one attached hydrogen (secondary N) is 1. The van der Waals surface area contributed by atoms with E-state index < -0.39 is 5.97 Å². The van der Waals surface area contributed by atoms with Crippen LogP contribution in [-0.2, 0) is 14.4 Å². The Morgan fingerprint density at radius 3 is 2.47 bits per heavy atom. The van der Waals surface area contributed by atoms with Crippen molar-refractivity contribution in [2.75, 3.05) is 42.5 Å². The molecule has 1 aliphatic rings. The van der Waals surface area contributed by atoms with Gasteiger partial charge in [-0.15, -0.1) is 0 Å². The maximum Gasteiger partial charge on any atom is 0.305 e. The zero-order chi connectivity index (χ0) is 33.2. The highest BCUT2D eigenvalue weighted by Gasteiger charge is 2.30. The Morgan fingerprint density at radius 1 is 1.18 bits per heavy atom. The summed E-state index contributed by atoms with van der Waals surface area (Å²) in [6, 6.07) is 10.3. The molecule has 0 radical (unpaired) electrons. The van der Waals surface area contributed by atoms with Gasteiger partial charge in [0.1, 0.15) is 18.4 Å². The zero-order valence-corrected chi connectivity index (χ0v) is 27.2. The van der Waals surface area contributed by atoms with Crippen LogP contribution in [0.15, 0.2) is 95.1 Å². The van der Waals surface area contributed by atoms with E-state index in [0.29, 0.717) is 61.1 Å². The van der Waals surface area contributed by atoms with Crippen LogP contribution in [0.25, 0.3) is 0 Å². The largest absolute Gasteiger partial charge is 0.481 e. The lowest BCUT2D eigenvalue weighted by Gasteiger charge is -2.26. The summed E-state index contributed by atoms with van der Waals surface area (Å²) in [6.07, 6.45) is 13.7. The number of carbonyl (C=O) groups excluding carboxylic acids is 2. The number of carboxylic acid groups (broad SMARTS) is 1. The van der Waals surface area contributed by atoms with Gasteiger partial charge in [-0.2, -0.15) is 5.26 Å². The highest BCUT2D eigenvalue weighted by Crippen LogP contribution is 2.42. The van der Waals surface area contributed by atoms with Gasteiger partial charge >= 0.3 is 5.97 Å². The highest BCUT2D eigenvalue weighted by atomic mass is 35.5. The van der Waals surface area contributed by atoms with Crippen LogP contribution in [0.5, 0.6) is 0 Å². The molecule has 1 heterocycles. The van der Waals surface area contributed by atoms with Gasteiger partial charge in [-0.05, 0) is 54.3 Å². The van der Waals surface area contributed by atoms with Gasteiger partial charge in [0.05, 0.1) is 29.4 Å². The Kier molecular flexibility index (Phi) is 16.0. The normalized spacial score (nSPS) is 14.6. The van der Waals surface area contributed by atoms with Crippen molar-refractivity contribution >= 4 is 41.5 Å². The number of nitrogens with zero attached hydrogens (tertiary/aromatic N) is 4. The highest BCUT2D eigenvalue weighted by molar-refractivity contribution is 6.32. The second-order valence-corrected chi connectivity index (χ2v) is 11.2. The van der Waals surface area contributed by atoms with Gasteiger partial charge < -0.3 is 34.7 Å². The number of allylic oxidation sites excluding steroid dienone is 7. The maximum atomic E-state index is 11.2. The average molecular weight is 634 g/mol. The Morgan fingerprint density at radius 2 is 1.87 bits per heavy atom. The van der Waals surface area contributed by atoms with E-state index in [2.05, 4.69) is 47.7 Å². The second kappa shape index (κ2) is 19.7. The Bertz CT molecular complexity index is 1390. The first-order chi connectivity index (χ1) is 21.7. The van der Waals surface area contributed by atoms with Crippen LogP contribution in [0, 0.1) is 17.2 Å². The standard InChI is InChI=1S/C35H44ClN5O4/c1-5-30(25-38-17-16-35(44)45)31(36)23-28(4)39(19-9-21-42)18-8-11-29(24-37)14-15-34-40(20-10-22-43)32-12-6-7-13-33(32)41(34)26-27(2)3/h6-8,11-15,21-23,25,27,38H,4-5,9-10,16-20,26H2,1-3H3,(H,44,45)/b11-8+,29-14-,30-25-,31-23+,34-15-. The number of aliphatic carboxylic acids is 1. The van der Waals surface area contributed by atoms with Crippen LogP contribution >= 0.6 is 11.6 Å². The summed E-state index contributed by atoms with van der Waals surface area (Å²) in [5.41, 5.74) is 3.93. The summed E-state index contributed by atoms with van der Waals surface area (Å²) < 4.78 is 0. The second-order valence-electron chi connectivity index (χ2n) is 10.8. The third-order valence-electron chi connectivity index (χ3n) is 6.86. The summed E-state index contributed by atoms with van der Waals surface area (Å²) in [5.74, 6) is 0.408. The monoisotopic (exact) mass is 633 g/mol. The van der Waals surface area contributed by atoms with Gasteiger partial charge in [-0.25, -0.2) is 0 Å².